The molecule has 3 aromatic rings. The molecule has 1 atom stereocenters. The van der Waals surface area contributed by atoms with Crippen LogP contribution in [0.1, 0.15) is 44.0 Å². The van der Waals surface area contributed by atoms with Crippen LogP contribution in [0.15, 0.2) is 71.9 Å². The molecule has 1 unspecified atom stereocenters. The fourth-order valence-corrected chi connectivity index (χ4v) is 4.93. The topological polar surface area (TPSA) is 109 Å². The highest BCUT2D eigenvalue weighted by Gasteiger charge is 2.34. The van der Waals surface area contributed by atoms with Crippen molar-refractivity contribution in [2.24, 2.45) is 12.0 Å². The second-order valence-electron chi connectivity index (χ2n) is 10.2. The van der Waals surface area contributed by atoms with Crippen molar-refractivity contribution >= 4 is 34.2 Å². The second kappa shape index (κ2) is 10.7. The van der Waals surface area contributed by atoms with Gasteiger partial charge in [0.05, 0.1) is 17.6 Å². The molecular formula is C27H32N8O2S. The summed E-state index contributed by atoms with van der Waals surface area (Å²) in [7, 11) is 1.90. The lowest BCUT2D eigenvalue weighted by atomic mass is 9.92. The number of hydrogen-bond donors (Lipinski definition) is 3. The smallest absolute Gasteiger partial charge is 0.407 e. The third-order valence-electron chi connectivity index (χ3n) is 6.15. The number of aliphatic imine (C=N–C) groups is 1. The minimum Gasteiger partial charge on any atom is -0.445 e. The first-order valence-corrected chi connectivity index (χ1v) is 13.3. The minimum atomic E-state index is -0.449. The summed E-state index contributed by atoms with van der Waals surface area (Å²) in [6.45, 7) is 7.06. The van der Waals surface area contributed by atoms with Gasteiger partial charge < -0.3 is 25.6 Å². The van der Waals surface area contributed by atoms with Gasteiger partial charge >= 0.3 is 6.09 Å². The fourth-order valence-electron chi connectivity index (χ4n) is 4.11. The molecule has 5 rings (SSSR count). The van der Waals surface area contributed by atoms with E-state index >= 15 is 0 Å². The van der Waals surface area contributed by atoms with Crippen LogP contribution in [0, 0.1) is 0 Å². The Labute approximate surface area is 226 Å². The molecule has 2 aromatic heterocycles. The molecule has 2 aliphatic heterocycles. The number of nitrogens with one attached hydrogen (secondary N) is 3. The van der Waals surface area contributed by atoms with E-state index in [9.17, 15) is 4.79 Å². The molecule has 11 heteroatoms. The number of nitrogens with zero attached hydrogens (tertiary/aromatic N) is 5. The lowest BCUT2D eigenvalue weighted by Crippen LogP contribution is -2.51. The number of alkyl carbamates (subject to hydrolysis) is 1. The number of carbonyl (C=O) groups is 1. The predicted molar refractivity (Wildman–Crippen MR) is 148 cm³/mol. The van der Waals surface area contributed by atoms with Crippen molar-refractivity contribution in [3.05, 3.63) is 83.7 Å². The highest BCUT2D eigenvalue weighted by atomic mass is 32.1. The van der Waals surface area contributed by atoms with Gasteiger partial charge in [-0.3, -0.25) is 4.68 Å². The maximum atomic E-state index is 12.2. The number of amidine groups is 1. The molecule has 198 valence electrons. The molecule has 1 aromatic carbocycles. The Morgan fingerprint density at radius 3 is 2.79 bits per heavy atom. The largest absolute Gasteiger partial charge is 0.445 e. The summed E-state index contributed by atoms with van der Waals surface area (Å²) in [5.74, 6) is 0.758. The molecule has 1 amide bonds. The summed E-state index contributed by atoms with van der Waals surface area (Å²) >= 11 is 1.38. The van der Waals surface area contributed by atoms with Crippen LogP contribution < -0.4 is 16.0 Å². The number of rotatable bonds is 7. The number of carbonyl (C=O) groups excluding carboxylic acids is 1. The summed E-state index contributed by atoms with van der Waals surface area (Å²) in [4.78, 5) is 19.3. The standard InChI is InChI=1S/C27H32N8O2S/c1-27(2,3)22-12-23(38-33-22)32-24-25-29-14-21(19-13-30-34(4)15-19)35(25)16-20(31-24)10-11-28-26(36)37-17-18-8-6-5-7-9-18/h5-9,12-16,25,29H,10-11,17H2,1-4H3,(H,28,36)(H,31,32). The average molecular weight is 533 g/mol. The number of hydrogen-bond acceptors (Lipinski definition) is 8. The van der Waals surface area contributed by atoms with E-state index in [0.717, 1.165) is 39.1 Å². The van der Waals surface area contributed by atoms with Gasteiger partial charge in [-0.25, -0.2) is 9.79 Å². The molecule has 0 saturated heterocycles. The first-order chi connectivity index (χ1) is 18.3. The van der Waals surface area contributed by atoms with Gasteiger partial charge in [0.1, 0.15) is 11.6 Å². The van der Waals surface area contributed by atoms with Crippen LogP contribution in [-0.4, -0.2) is 43.7 Å². The van der Waals surface area contributed by atoms with Gasteiger partial charge in [-0.15, -0.1) is 0 Å². The van der Waals surface area contributed by atoms with Crippen molar-refractivity contribution in [2.45, 2.75) is 45.4 Å². The molecule has 0 fully saturated rings. The van der Waals surface area contributed by atoms with E-state index in [2.05, 4.69) is 51.1 Å². The number of fused-ring (bicyclic) bond motifs is 1. The first-order valence-electron chi connectivity index (χ1n) is 12.5. The number of ether oxygens (including phenoxy) is 1. The zero-order valence-corrected chi connectivity index (χ0v) is 22.7. The lowest BCUT2D eigenvalue weighted by Gasteiger charge is -2.33. The summed E-state index contributed by atoms with van der Waals surface area (Å²) in [5.41, 5.74) is 4.81. The Morgan fingerprint density at radius 2 is 2.08 bits per heavy atom. The predicted octanol–water partition coefficient (Wildman–Crippen LogP) is 4.20. The summed E-state index contributed by atoms with van der Waals surface area (Å²) in [5, 5.41) is 14.9. The van der Waals surface area contributed by atoms with Gasteiger partial charge in [0.25, 0.3) is 0 Å². The van der Waals surface area contributed by atoms with E-state index in [1.54, 1.807) is 4.68 Å². The molecule has 10 nitrogen and oxygen atoms in total. The molecule has 0 aliphatic carbocycles. The van der Waals surface area contributed by atoms with E-state index in [4.69, 9.17) is 9.73 Å². The Kier molecular flexibility index (Phi) is 7.19. The van der Waals surface area contributed by atoms with Crippen molar-refractivity contribution in [1.29, 1.82) is 0 Å². The van der Waals surface area contributed by atoms with Gasteiger partial charge in [0, 0.05) is 55.3 Å². The van der Waals surface area contributed by atoms with E-state index in [1.165, 1.54) is 11.5 Å². The Bertz CT molecular complexity index is 1380. The number of aryl methyl sites for hydroxylation is 1. The maximum absolute atomic E-state index is 12.2. The fraction of sp³-hybridized carbons (Fsp3) is 0.333. The van der Waals surface area contributed by atoms with E-state index in [0.29, 0.717) is 13.0 Å². The molecule has 38 heavy (non-hydrogen) atoms. The van der Waals surface area contributed by atoms with Gasteiger partial charge in [-0.1, -0.05) is 51.1 Å². The van der Waals surface area contributed by atoms with Gasteiger partial charge in [0.15, 0.2) is 12.0 Å². The minimum absolute atomic E-state index is 0.0482. The second-order valence-corrected chi connectivity index (χ2v) is 11.0. The zero-order chi connectivity index (χ0) is 26.7. The normalized spacial score (nSPS) is 17.8. The van der Waals surface area contributed by atoms with E-state index in [-0.39, 0.29) is 18.2 Å². The van der Waals surface area contributed by atoms with Crippen molar-refractivity contribution in [3.8, 4) is 0 Å². The van der Waals surface area contributed by atoms with Gasteiger partial charge in [0.2, 0.25) is 0 Å². The van der Waals surface area contributed by atoms with Crippen LogP contribution in [0.2, 0.25) is 0 Å². The third kappa shape index (κ3) is 5.88. The number of benzene rings is 1. The molecule has 0 bridgehead atoms. The summed E-state index contributed by atoms with van der Waals surface area (Å²) in [6.07, 6.45) is 7.76. The van der Waals surface area contributed by atoms with Crippen LogP contribution in [0.3, 0.4) is 0 Å². The molecule has 0 saturated carbocycles. The highest BCUT2D eigenvalue weighted by Crippen LogP contribution is 2.32. The lowest BCUT2D eigenvalue weighted by molar-refractivity contribution is 0.139. The Balaban J connectivity index is 1.30. The van der Waals surface area contributed by atoms with Gasteiger partial charge in [-0.05, 0) is 23.2 Å². The van der Waals surface area contributed by atoms with Crippen molar-refractivity contribution in [2.75, 3.05) is 6.54 Å². The molecule has 0 radical (unpaired) electrons. The zero-order valence-electron chi connectivity index (χ0n) is 21.9. The molecule has 0 spiro atoms. The maximum Gasteiger partial charge on any atom is 0.407 e. The number of aromatic nitrogens is 3. The number of amides is 1. The Morgan fingerprint density at radius 1 is 1.26 bits per heavy atom. The van der Waals surface area contributed by atoms with Crippen molar-refractivity contribution < 1.29 is 9.53 Å². The van der Waals surface area contributed by atoms with Crippen LogP contribution in [0.5, 0.6) is 0 Å². The van der Waals surface area contributed by atoms with Crippen LogP contribution in [-0.2, 0) is 23.8 Å². The molecular weight excluding hydrogens is 500 g/mol. The molecule has 4 heterocycles. The highest BCUT2D eigenvalue weighted by molar-refractivity contribution is 7.09. The average Bonchev–Trinajstić information content (AvgIpc) is 3.63. The van der Waals surface area contributed by atoms with Gasteiger partial charge in [-0.2, -0.15) is 9.47 Å². The molecule has 3 N–H and O–H groups in total. The molecule has 2 aliphatic rings. The summed E-state index contributed by atoms with van der Waals surface area (Å²) < 4.78 is 11.7. The SMILES string of the molecule is Cn1cc(C2=CNC3C(=Nc4cc(C(C)(C)C)ns4)NC(CCNC(=O)OCc4ccccc4)=CN23)cn1. The monoisotopic (exact) mass is 532 g/mol. The summed E-state index contributed by atoms with van der Waals surface area (Å²) in [6, 6.07) is 11.7. The first kappa shape index (κ1) is 25.5. The Hall–Kier alpha value is -4.12. The van der Waals surface area contributed by atoms with E-state index < -0.39 is 6.09 Å². The third-order valence-corrected chi connectivity index (χ3v) is 6.83. The van der Waals surface area contributed by atoms with Crippen LogP contribution in [0.4, 0.5) is 9.80 Å². The van der Waals surface area contributed by atoms with Crippen molar-refractivity contribution in [3.63, 3.8) is 0 Å². The van der Waals surface area contributed by atoms with Crippen LogP contribution >= 0.6 is 11.5 Å². The van der Waals surface area contributed by atoms with E-state index in [1.807, 2.05) is 68.2 Å². The quantitative estimate of drug-likeness (QED) is 0.419. The van der Waals surface area contributed by atoms with Crippen LogP contribution in [0.25, 0.3) is 5.70 Å². The van der Waals surface area contributed by atoms with Crippen molar-refractivity contribution in [1.82, 2.24) is 35.0 Å².